The van der Waals surface area contributed by atoms with Crippen LogP contribution in [-0.2, 0) is 0 Å². The van der Waals surface area contributed by atoms with Gasteiger partial charge in [0, 0.05) is 12.1 Å². The van der Waals surface area contributed by atoms with Gasteiger partial charge in [-0.2, -0.15) is 11.8 Å². The first-order chi connectivity index (χ1) is 10.7. The summed E-state index contributed by atoms with van der Waals surface area (Å²) < 4.78 is 10.5. The number of amides is 1. The molecule has 0 unspecified atom stereocenters. The summed E-state index contributed by atoms with van der Waals surface area (Å²) in [5, 5.41) is 6.85. The second-order valence-electron chi connectivity index (χ2n) is 4.80. The number of thioether (sulfide) groups is 1. The lowest BCUT2D eigenvalue weighted by Crippen LogP contribution is -2.25. The number of aromatic nitrogens is 1. The van der Waals surface area contributed by atoms with Gasteiger partial charge in [-0.05, 0) is 49.6 Å². The minimum atomic E-state index is -0.148. The van der Waals surface area contributed by atoms with Crippen LogP contribution in [0.5, 0.6) is 5.75 Å². The first kappa shape index (κ1) is 16.4. The maximum atomic E-state index is 12.4. The number of ether oxygens (including phenoxy) is 1. The van der Waals surface area contributed by atoms with E-state index in [1.165, 1.54) is 0 Å². The van der Waals surface area contributed by atoms with Crippen LogP contribution < -0.4 is 10.1 Å². The lowest BCUT2D eigenvalue weighted by molar-refractivity contribution is 0.0953. The maximum absolute atomic E-state index is 12.4. The molecule has 0 radical (unpaired) electrons. The van der Waals surface area contributed by atoms with Crippen molar-refractivity contribution >= 4 is 17.7 Å². The van der Waals surface area contributed by atoms with E-state index in [9.17, 15) is 4.79 Å². The molecule has 2 aromatic rings. The maximum Gasteiger partial charge on any atom is 0.257 e. The van der Waals surface area contributed by atoms with Crippen LogP contribution in [0.1, 0.15) is 22.5 Å². The Kier molecular flexibility index (Phi) is 5.89. The van der Waals surface area contributed by atoms with Crippen molar-refractivity contribution in [1.82, 2.24) is 10.5 Å². The largest absolute Gasteiger partial charge is 0.497 e. The van der Waals surface area contributed by atoms with Gasteiger partial charge < -0.3 is 14.6 Å². The van der Waals surface area contributed by atoms with E-state index in [0.717, 1.165) is 23.5 Å². The molecule has 2 rings (SSSR count). The van der Waals surface area contributed by atoms with Crippen LogP contribution >= 0.6 is 11.8 Å². The first-order valence-electron chi connectivity index (χ1n) is 7.05. The fourth-order valence-corrected chi connectivity index (χ4v) is 2.52. The molecule has 0 spiro atoms. The zero-order valence-corrected chi connectivity index (χ0v) is 13.8. The lowest BCUT2D eigenvalue weighted by atomic mass is 10.1. The number of benzene rings is 1. The normalized spacial score (nSPS) is 10.5. The van der Waals surface area contributed by atoms with Crippen molar-refractivity contribution in [2.45, 2.75) is 13.3 Å². The minimum absolute atomic E-state index is 0.148. The van der Waals surface area contributed by atoms with Gasteiger partial charge in [-0.15, -0.1) is 0 Å². The average Bonchev–Trinajstić information content (AvgIpc) is 2.93. The molecular weight excluding hydrogens is 300 g/mol. The minimum Gasteiger partial charge on any atom is -0.497 e. The van der Waals surface area contributed by atoms with E-state index < -0.39 is 0 Å². The third kappa shape index (κ3) is 3.82. The molecule has 0 saturated carbocycles. The third-order valence-electron chi connectivity index (χ3n) is 3.25. The van der Waals surface area contributed by atoms with Crippen molar-refractivity contribution in [3.63, 3.8) is 0 Å². The standard InChI is InChI=1S/C16H20N2O3S/c1-11-14(16(19)17-9-4-10-22-3)15(21-18-11)12-5-7-13(20-2)8-6-12/h5-8H,4,9-10H2,1-3H3,(H,17,19). The Morgan fingerprint density at radius 2 is 2.09 bits per heavy atom. The molecule has 1 N–H and O–H groups in total. The second kappa shape index (κ2) is 7.89. The van der Waals surface area contributed by atoms with Gasteiger partial charge in [-0.3, -0.25) is 4.79 Å². The van der Waals surface area contributed by atoms with E-state index in [2.05, 4.69) is 10.5 Å². The Hall–Kier alpha value is -1.95. The molecule has 0 fully saturated rings. The summed E-state index contributed by atoms with van der Waals surface area (Å²) in [6.07, 6.45) is 2.99. The second-order valence-corrected chi connectivity index (χ2v) is 5.79. The Bertz CT molecular complexity index is 623. The first-order valence-corrected chi connectivity index (χ1v) is 8.44. The summed E-state index contributed by atoms with van der Waals surface area (Å²) in [6, 6.07) is 7.35. The zero-order chi connectivity index (χ0) is 15.9. The number of hydrogen-bond donors (Lipinski definition) is 1. The van der Waals surface area contributed by atoms with Crippen molar-refractivity contribution in [2.75, 3.05) is 25.7 Å². The summed E-state index contributed by atoms with van der Waals surface area (Å²) in [4.78, 5) is 12.4. The monoisotopic (exact) mass is 320 g/mol. The van der Waals surface area contributed by atoms with Crippen LogP contribution in [0.2, 0.25) is 0 Å². The molecule has 118 valence electrons. The fourth-order valence-electron chi connectivity index (χ4n) is 2.08. The Morgan fingerprint density at radius 3 is 2.73 bits per heavy atom. The Morgan fingerprint density at radius 1 is 1.36 bits per heavy atom. The predicted molar refractivity (Wildman–Crippen MR) is 88.6 cm³/mol. The molecular formula is C16H20N2O3S. The predicted octanol–water partition coefficient (Wildman–Crippen LogP) is 3.14. The highest BCUT2D eigenvalue weighted by molar-refractivity contribution is 7.98. The number of carbonyl (C=O) groups excluding carboxylic acids is 1. The van der Waals surface area contributed by atoms with Crippen LogP contribution in [0.3, 0.4) is 0 Å². The highest BCUT2D eigenvalue weighted by atomic mass is 32.2. The summed E-state index contributed by atoms with van der Waals surface area (Å²) in [5.41, 5.74) is 1.89. The molecule has 1 aromatic heterocycles. The molecule has 0 aliphatic carbocycles. The van der Waals surface area contributed by atoms with E-state index >= 15 is 0 Å². The van der Waals surface area contributed by atoms with Crippen LogP contribution in [0.15, 0.2) is 28.8 Å². The SMILES string of the molecule is COc1ccc(-c2onc(C)c2C(=O)NCCCSC)cc1. The molecule has 5 nitrogen and oxygen atoms in total. The molecule has 0 atom stereocenters. The zero-order valence-electron chi connectivity index (χ0n) is 13.0. The quantitative estimate of drug-likeness (QED) is 0.794. The molecule has 1 heterocycles. The summed E-state index contributed by atoms with van der Waals surface area (Å²) >= 11 is 1.76. The van der Waals surface area contributed by atoms with Crippen molar-refractivity contribution in [3.8, 4) is 17.1 Å². The fraction of sp³-hybridized carbons (Fsp3) is 0.375. The molecule has 0 saturated heterocycles. The Balaban J connectivity index is 2.17. The van der Waals surface area contributed by atoms with E-state index in [1.807, 2.05) is 30.5 Å². The number of nitrogens with zero attached hydrogens (tertiary/aromatic N) is 1. The lowest BCUT2D eigenvalue weighted by Gasteiger charge is -2.06. The van der Waals surface area contributed by atoms with Crippen LogP contribution in [-0.4, -0.2) is 36.7 Å². The van der Waals surface area contributed by atoms with Crippen molar-refractivity contribution in [3.05, 3.63) is 35.5 Å². The molecule has 22 heavy (non-hydrogen) atoms. The third-order valence-corrected chi connectivity index (χ3v) is 3.95. The van der Waals surface area contributed by atoms with Crippen LogP contribution in [0.25, 0.3) is 11.3 Å². The number of hydrogen-bond acceptors (Lipinski definition) is 5. The number of carbonyl (C=O) groups is 1. The van der Waals surface area contributed by atoms with E-state index in [-0.39, 0.29) is 5.91 Å². The van der Waals surface area contributed by atoms with Gasteiger partial charge in [0.1, 0.15) is 11.3 Å². The topological polar surface area (TPSA) is 64.4 Å². The van der Waals surface area contributed by atoms with Gasteiger partial charge in [-0.25, -0.2) is 0 Å². The molecule has 0 aliphatic rings. The van der Waals surface area contributed by atoms with Crippen molar-refractivity contribution in [1.29, 1.82) is 0 Å². The average molecular weight is 320 g/mol. The van der Waals surface area contributed by atoms with Gasteiger partial charge in [0.15, 0.2) is 5.76 Å². The van der Waals surface area contributed by atoms with Crippen molar-refractivity contribution in [2.24, 2.45) is 0 Å². The van der Waals surface area contributed by atoms with Gasteiger partial charge in [0.05, 0.1) is 12.8 Å². The van der Waals surface area contributed by atoms with Gasteiger partial charge in [0.25, 0.3) is 5.91 Å². The highest BCUT2D eigenvalue weighted by Crippen LogP contribution is 2.27. The van der Waals surface area contributed by atoms with Crippen LogP contribution in [0, 0.1) is 6.92 Å². The molecule has 0 bridgehead atoms. The summed E-state index contributed by atoms with van der Waals surface area (Å²) in [5.74, 6) is 2.12. The molecule has 1 amide bonds. The van der Waals surface area contributed by atoms with Crippen molar-refractivity contribution < 1.29 is 14.1 Å². The van der Waals surface area contributed by atoms with Gasteiger partial charge >= 0.3 is 0 Å². The molecule has 6 heteroatoms. The number of rotatable bonds is 7. The van der Waals surface area contributed by atoms with Crippen LogP contribution in [0.4, 0.5) is 0 Å². The summed E-state index contributed by atoms with van der Waals surface area (Å²) in [6.45, 7) is 2.42. The number of methoxy groups -OCH3 is 1. The van der Waals surface area contributed by atoms with E-state index in [4.69, 9.17) is 9.26 Å². The van der Waals surface area contributed by atoms with Gasteiger partial charge in [0.2, 0.25) is 0 Å². The summed E-state index contributed by atoms with van der Waals surface area (Å²) in [7, 11) is 1.61. The molecule has 1 aromatic carbocycles. The number of aryl methyl sites for hydroxylation is 1. The van der Waals surface area contributed by atoms with E-state index in [1.54, 1.807) is 25.8 Å². The highest BCUT2D eigenvalue weighted by Gasteiger charge is 2.21. The molecule has 0 aliphatic heterocycles. The Labute approximate surface area is 134 Å². The van der Waals surface area contributed by atoms with E-state index in [0.29, 0.717) is 23.6 Å². The smallest absolute Gasteiger partial charge is 0.257 e. The number of nitrogens with one attached hydrogen (secondary N) is 1. The van der Waals surface area contributed by atoms with Gasteiger partial charge in [-0.1, -0.05) is 5.16 Å².